The summed E-state index contributed by atoms with van der Waals surface area (Å²) in [5, 5.41) is 11.5. The van der Waals surface area contributed by atoms with Crippen LogP contribution in [0.1, 0.15) is 5.56 Å². The number of halogens is 2. The third-order valence-electron chi connectivity index (χ3n) is 3.30. The summed E-state index contributed by atoms with van der Waals surface area (Å²) in [5.74, 6) is 0. The molecule has 0 radical (unpaired) electrons. The van der Waals surface area contributed by atoms with Gasteiger partial charge in [-0.05, 0) is 31.2 Å². The zero-order valence-corrected chi connectivity index (χ0v) is 14.5. The number of rotatable bonds is 4. The normalized spacial score (nSPS) is 11.3. The Hall–Kier alpha value is -1.83. The topological polar surface area (TPSA) is 80.5 Å². The summed E-state index contributed by atoms with van der Waals surface area (Å²) < 4.78 is 26.3. The number of hydrogen-bond acceptors (Lipinski definition) is 4. The number of nitro benzene ring substituents is 1. The van der Waals surface area contributed by atoms with Gasteiger partial charge in [0.1, 0.15) is 0 Å². The molecule has 0 saturated carbocycles. The SMILES string of the molecule is Cc1ccc(S(=O)(=O)N(C)c2ccc(Cl)c(Cl)c2)cc1[N+](=O)[O-]. The van der Waals surface area contributed by atoms with Crippen LogP contribution in [0, 0.1) is 17.0 Å². The zero-order valence-electron chi connectivity index (χ0n) is 12.2. The highest BCUT2D eigenvalue weighted by atomic mass is 35.5. The Balaban J connectivity index is 2.51. The molecule has 0 aliphatic rings. The van der Waals surface area contributed by atoms with Crippen LogP contribution in [0.25, 0.3) is 0 Å². The standard InChI is InChI=1S/C14H12Cl2N2O4S/c1-9-3-5-11(8-14(9)18(19)20)23(21,22)17(2)10-4-6-12(15)13(16)7-10/h3-8H,1-2H3. The van der Waals surface area contributed by atoms with Gasteiger partial charge in [0.2, 0.25) is 0 Å². The lowest BCUT2D eigenvalue weighted by Gasteiger charge is -2.20. The number of nitro groups is 1. The summed E-state index contributed by atoms with van der Waals surface area (Å²) in [7, 11) is -2.63. The second-order valence-corrected chi connectivity index (χ2v) is 7.56. The molecule has 23 heavy (non-hydrogen) atoms. The van der Waals surface area contributed by atoms with Gasteiger partial charge in [0, 0.05) is 18.7 Å². The predicted molar refractivity (Wildman–Crippen MR) is 89.9 cm³/mol. The number of hydrogen-bond donors (Lipinski definition) is 0. The lowest BCUT2D eigenvalue weighted by atomic mass is 10.2. The monoisotopic (exact) mass is 374 g/mol. The average molecular weight is 375 g/mol. The van der Waals surface area contributed by atoms with Gasteiger partial charge in [-0.15, -0.1) is 0 Å². The zero-order chi connectivity index (χ0) is 17.4. The molecule has 2 aromatic carbocycles. The highest BCUT2D eigenvalue weighted by Crippen LogP contribution is 2.30. The molecule has 0 aliphatic heterocycles. The molecule has 9 heteroatoms. The van der Waals surface area contributed by atoms with Crippen LogP contribution in [0.3, 0.4) is 0 Å². The highest BCUT2D eigenvalue weighted by molar-refractivity contribution is 7.92. The number of anilines is 1. The summed E-state index contributed by atoms with van der Waals surface area (Å²) >= 11 is 11.7. The molecule has 0 amide bonds. The van der Waals surface area contributed by atoms with Crippen molar-refractivity contribution in [3.63, 3.8) is 0 Å². The van der Waals surface area contributed by atoms with Crippen LogP contribution in [0.5, 0.6) is 0 Å². The van der Waals surface area contributed by atoms with Crippen LogP contribution in [0.4, 0.5) is 11.4 Å². The van der Waals surface area contributed by atoms with E-state index in [-0.39, 0.29) is 15.6 Å². The minimum absolute atomic E-state index is 0.177. The summed E-state index contributed by atoms with van der Waals surface area (Å²) in [6.07, 6.45) is 0. The third kappa shape index (κ3) is 3.41. The van der Waals surface area contributed by atoms with Crippen molar-refractivity contribution >= 4 is 44.6 Å². The smallest absolute Gasteiger partial charge is 0.269 e. The molecule has 6 nitrogen and oxygen atoms in total. The Bertz CT molecular complexity index is 884. The van der Waals surface area contributed by atoms with E-state index in [0.29, 0.717) is 16.3 Å². The molecular weight excluding hydrogens is 363 g/mol. The van der Waals surface area contributed by atoms with Crippen molar-refractivity contribution in [1.29, 1.82) is 0 Å². The van der Waals surface area contributed by atoms with Crippen LogP contribution in [-0.4, -0.2) is 20.4 Å². The van der Waals surface area contributed by atoms with Crippen molar-refractivity contribution in [1.82, 2.24) is 0 Å². The maximum atomic E-state index is 12.6. The predicted octanol–water partition coefficient (Wildman–Crippen LogP) is 4.04. The first-order valence-electron chi connectivity index (χ1n) is 6.33. The summed E-state index contributed by atoms with van der Waals surface area (Å²) in [4.78, 5) is 10.2. The van der Waals surface area contributed by atoms with E-state index in [1.54, 1.807) is 0 Å². The third-order valence-corrected chi connectivity index (χ3v) is 5.82. The van der Waals surface area contributed by atoms with E-state index >= 15 is 0 Å². The highest BCUT2D eigenvalue weighted by Gasteiger charge is 2.25. The van der Waals surface area contributed by atoms with Gasteiger partial charge in [0.25, 0.3) is 15.7 Å². The van der Waals surface area contributed by atoms with E-state index in [2.05, 4.69) is 0 Å². The van der Waals surface area contributed by atoms with E-state index in [4.69, 9.17) is 23.2 Å². The molecule has 0 aromatic heterocycles. The van der Waals surface area contributed by atoms with Gasteiger partial charge in [-0.1, -0.05) is 29.3 Å². The first-order chi connectivity index (χ1) is 10.6. The van der Waals surface area contributed by atoms with E-state index in [1.165, 1.54) is 44.3 Å². The van der Waals surface area contributed by atoms with Gasteiger partial charge in [-0.2, -0.15) is 0 Å². The molecule has 0 heterocycles. The van der Waals surface area contributed by atoms with Crippen molar-refractivity contribution in [3.05, 3.63) is 62.1 Å². The molecule has 2 aromatic rings. The fourth-order valence-corrected chi connectivity index (χ4v) is 3.42. The molecule has 0 atom stereocenters. The van der Waals surface area contributed by atoms with Crippen molar-refractivity contribution in [2.45, 2.75) is 11.8 Å². The Labute approximate surface area is 143 Å². The number of sulfonamides is 1. The van der Waals surface area contributed by atoms with Crippen molar-refractivity contribution in [2.75, 3.05) is 11.4 Å². The molecule has 0 saturated heterocycles. The van der Waals surface area contributed by atoms with Gasteiger partial charge in [-0.3, -0.25) is 14.4 Å². The molecule has 0 N–H and O–H groups in total. The van der Waals surface area contributed by atoms with E-state index in [9.17, 15) is 18.5 Å². The first-order valence-corrected chi connectivity index (χ1v) is 8.53. The largest absolute Gasteiger partial charge is 0.273 e. The maximum absolute atomic E-state index is 12.6. The Morgan fingerprint density at radius 2 is 1.74 bits per heavy atom. The van der Waals surface area contributed by atoms with Gasteiger partial charge >= 0.3 is 0 Å². The second kappa shape index (κ2) is 6.35. The van der Waals surface area contributed by atoms with E-state index in [0.717, 1.165) is 10.4 Å². The molecule has 0 fully saturated rings. The van der Waals surface area contributed by atoms with Gasteiger partial charge in [0.15, 0.2) is 0 Å². The van der Waals surface area contributed by atoms with Gasteiger partial charge < -0.3 is 0 Å². The number of benzene rings is 2. The van der Waals surface area contributed by atoms with E-state index in [1.807, 2.05) is 0 Å². The van der Waals surface area contributed by atoms with Crippen molar-refractivity contribution < 1.29 is 13.3 Å². The Morgan fingerprint density at radius 3 is 2.30 bits per heavy atom. The van der Waals surface area contributed by atoms with Gasteiger partial charge in [-0.25, -0.2) is 8.42 Å². The first kappa shape index (κ1) is 17.5. The second-order valence-electron chi connectivity index (χ2n) is 4.78. The fourth-order valence-electron chi connectivity index (χ4n) is 1.92. The minimum Gasteiger partial charge on any atom is -0.269 e. The summed E-state index contributed by atoms with van der Waals surface area (Å²) in [6, 6.07) is 8.14. The van der Waals surface area contributed by atoms with Crippen molar-refractivity contribution in [3.8, 4) is 0 Å². The molecule has 0 bridgehead atoms. The molecule has 2 rings (SSSR count). The van der Waals surface area contributed by atoms with Crippen LogP contribution >= 0.6 is 23.2 Å². The quantitative estimate of drug-likeness (QED) is 0.597. The molecular formula is C14H12Cl2N2O4S. The van der Waals surface area contributed by atoms with Crippen LogP contribution in [-0.2, 0) is 10.0 Å². The van der Waals surface area contributed by atoms with Crippen molar-refractivity contribution in [2.24, 2.45) is 0 Å². The van der Waals surface area contributed by atoms with Gasteiger partial charge in [0.05, 0.1) is 25.6 Å². The van der Waals surface area contributed by atoms with Crippen LogP contribution in [0.15, 0.2) is 41.3 Å². The minimum atomic E-state index is -3.97. The van der Waals surface area contributed by atoms with E-state index < -0.39 is 14.9 Å². The number of nitrogens with zero attached hydrogens (tertiary/aromatic N) is 2. The molecule has 0 spiro atoms. The average Bonchev–Trinajstić information content (AvgIpc) is 2.49. The maximum Gasteiger partial charge on any atom is 0.273 e. The fraction of sp³-hybridized carbons (Fsp3) is 0.143. The Morgan fingerprint density at radius 1 is 1.09 bits per heavy atom. The summed E-state index contributed by atoms with van der Waals surface area (Å²) in [6.45, 7) is 1.54. The lowest BCUT2D eigenvalue weighted by Crippen LogP contribution is -2.26. The molecule has 0 aliphatic carbocycles. The Kier molecular flexibility index (Phi) is 4.84. The van der Waals surface area contributed by atoms with Crippen LogP contribution in [0.2, 0.25) is 10.0 Å². The van der Waals surface area contributed by atoms with Crippen LogP contribution < -0.4 is 4.31 Å². The lowest BCUT2D eigenvalue weighted by molar-refractivity contribution is -0.385. The number of aryl methyl sites for hydroxylation is 1. The summed E-state index contributed by atoms with van der Waals surface area (Å²) in [5.41, 5.74) is 0.419. The molecule has 122 valence electrons. The molecule has 0 unspecified atom stereocenters.